The first-order valence-corrected chi connectivity index (χ1v) is 19.5. The van der Waals surface area contributed by atoms with Crippen LogP contribution in [0.15, 0.2) is 28.7 Å². The van der Waals surface area contributed by atoms with E-state index < -0.39 is 30.1 Å². The van der Waals surface area contributed by atoms with Gasteiger partial charge in [0.25, 0.3) is 5.91 Å². The second-order valence-electron chi connectivity index (χ2n) is 15.2. The summed E-state index contributed by atoms with van der Waals surface area (Å²) in [5.74, 6) is 2.06. The first-order chi connectivity index (χ1) is 27.6. The maximum Gasteiger partial charge on any atom is 0.287 e. The average molecular weight is 783 g/mol. The zero-order valence-electron chi connectivity index (χ0n) is 33.4. The van der Waals surface area contributed by atoms with Gasteiger partial charge in [-0.25, -0.2) is 0 Å². The molecule has 0 aliphatic carbocycles. The Labute approximate surface area is 331 Å². The van der Waals surface area contributed by atoms with Crippen LogP contribution in [-0.4, -0.2) is 105 Å². The summed E-state index contributed by atoms with van der Waals surface area (Å²) in [6.07, 6.45) is 2.46. The van der Waals surface area contributed by atoms with Crippen molar-refractivity contribution in [1.82, 2.24) is 15.1 Å². The number of fused-ring (bicyclic) bond motifs is 8. The zero-order chi connectivity index (χ0) is 40.3. The van der Waals surface area contributed by atoms with Crippen LogP contribution < -0.4 is 29.0 Å². The normalized spacial score (nSPS) is 23.2. The summed E-state index contributed by atoms with van der Waals surface area (Å²) in [6, 6.07) is 7.23. The molecule has 0 saturated carbocycles. The molecule has 3 N–H and O–H groups in total. The van der Waals surface area contributed by atoms with Crippen LogP contribution in [0.4, 0.5) is 0 Å². The first-order valence-electron chi connectivity index (χ1n) is 19.5. The molecule has 0 spiro atoms. The molecule has 14 nitrogen and oxygen atoms in total. The fourth-order valence-corrected chi connectivity index (χ4v) is 10.2. The highest BCUT2D eigenvalue weighted by atomic mass is 16.5. The SMILES string of the molecule is CCN1[C@@H]2c3c(O)c(OC)c(C)c(OC)c3C[C@H]1[C@H](C#N)N1[C@@H](CNC(=O)c3cc4cc(OC5CCOCC5)ccc4o3)c3c(O)c(OC)c(C)c(OC)c3C[C@@H]21. The molecule has 1 aromatic heterocycles. The minimum absolute atomic E-state index is 0.00352. The summed E-state index contributed by atoms with van der Waals surface area (Å²) >= 11 is 0. The van der Waals surface area contributed by atoms with E-state index >= 15 is 0 Å². The Bertz CT molecular complexity index is 2260. The van der Waals surface area contributed by atoms with Gasteiger partial charge in [0.2, 0.25) is 0 Å². The fourth-order valence-electron chi connectivity index (χ4n) is 10.2. The number of carbonyl (C=O) groups excluding carboxylic acids is 1. The van der Waals surface area contributed by atoms with E-state index in [4.69, 9.17) is 32.8 Å². The van der Waals surface area contributed by atoms with Crippen LogP contribution in [0.1, 0.15) is 75.8 Å². The van der Waals surface area contributed by atoms with Crippen molar-refractivity contribution in [2.75, 3.05) is 54.7 Å². The van der Waals surface area contributed by atoms with E-state index in [1.807, 2.05) is 26.0 Å². The molecule has 4 aliphatic rings. The molecule has 302 valence electrons. The monoisotopic (exact) mass is 782 g/mol. The smallest absolute Gasteiger partial charge is 0.287 e. The Balaban J connectivity index is 1.22. The molecule has 3 aromatic carbocycles. The lowest BCUT2D eigenvalue weighted by Gasteiger charge is -2.60. The number of phenolic OH excluding ortho intramolecular Hbond substituents is 2. The van der Waals surface area contributed by atoms with Crippen LogP contribution in [0.2, 0.25) is 0 Å². The Kier molecular flexibility index (Phi) is 10.3. The lowest BCUT2D eigenvalue weighted by atomic mass is 9.71. The van der Waals surface area contributed by atoms with Gasteiger partial charge in [0.05, 0.1) is 59.8 Å². The summed E-state index contributed by atoms with van der Waals surface area (Å²) in [6.45, 7) is 7.67. The Hall–Kier alpha value is -5.36. The third kappa shape index (κ3) is 6.06. The van der Waals surface area contributed by atoms with Crippen molar-refractivity contribution < 1.29 is 47.8 Å². The molecular formula is C43H50N4O10. The Morgan fingerprint density at radius 3 is 2.12 bits per heavy atom. The van der Waals surface area contributed by atoms with Gasteiger partial charge in [-0.05, 0) is 57.5 Å². The number of carbonyl (C=O) groups is 1. The fraction of sp³-hybridized carbons (Fsp3) is 0.488. The van der Waals surface area contributed by atoms with Crippen molar-refractivity contribution in [3.8, 4) is 46.3 Å². The van der Waals surface area contributed by atoms with Gasteiger partial charge in [0, 0.05) is 70.2 Å². The van der Waals surface area contributed by atoms with E-state index in [1.165, 1.54) is 14.2 Å². The summed E-state index contributed by atoms with van der Waals surface area (Å²) in [4.78, 5) is 18.4. The van der Waals surface area contributed by atoms with Crippen molar-refractivity contribution >= 4 is 16.9 Å². The number of nitrogens with zero attached hydrogens (tertiary/aromatic N) is 3. The van der Waals surface area contributed by atoms with E-state index in [0.29, 0.717) is 83.4 Å². The van der Waals surface area contributed by atoms with Crippen LogP contribution in [0.3, 0.4) is 0 Å². The van der Waals surface area contributed by atoms with Gasteiger partial charge in [-0.1, -0.05) is 6.92 Å². The van der Waals surface area contributed by atoms with Crippen LogP contribution in [0.25, 0.3) is 11.0 Å². The number of rotatable bonds is 10. The number of piperazine rings is 1. The molecule has 2 saturated heterocycles. The highest BCUT2D eigenvalue weighted by Gasteiger charge is 2.57. The van der Waals surface area contributed by atoms with E-state index in [1.54, 1.807) is 26.4 Å². The van der Waals surface area contributed by atoms with Gasteiger partial charge >= 0.3 is 0 Å². The topological polar surface area (TPSA) is 168 Å². The molecule has 57 heavy (non-hydrogen) atoms. The number of phenols is 2. The van der Waals surface area contributed by atoms with Gasteiger partial charge in [-0.3, -0.25) is 14.6 Å². The van der Waals surface area contributed by atoms with Crippen LogP contribution >= 0.6 is 0 Å². The van der Waals surface area contributed by atoms with E-state index in [0.717, 1.165) is 29.4 Å². The number of furan rings is 1. The predicted octanol–water partition coefficient (Wildman–Crippen LogP) is 5.64. The number of hydrogen-bond acceptors (Lipinski definition) is 13. The highest BCUT2D eigenvalue weighted by molar-refractivity contribution is 5.96. The van der Waals surface area contributed by atoms with Crippen molar-refractivity contribution in [3.63, 3.8) is 0 Å². The molecule has 0 unspecified atom stereocenters. The van der Waals surface area contributed by atoms with E-state index in [9.17, 15) is 20.3 Å². The Morgan fingerprint density at radius 1 is 0.895 bits per heavy atom. The number of methoxy groups -OCH3 is 4. The molecule has 8 rings (SSSR count). The summed E-state index contributed by atoms with van der Waals surface area (Å²) < 4.78 is 41.2. The molecule has 5 heterocycles. The number of nitriles is 1. The lowest BCUT2D eigenvalue weighted by Crippen LogP contribution is -2.69. The largest absolute Gasteiger partial charge is 0.504 e. The number of nitrogens with one attached hydrogen (secondary N) is 1. The van der Waals surface area contributed by atoms with Gasteiger partial charge in [-0.15, -0.1) is 0 Å². The van der Waals surface area contributed by atoms with Gasteiger partial charge < -0.3 is 48.4 Å². The standard InChI is InChI=1S/C43H50N4O10/c1-8-46-28-17-27-35(38(49)42(54-7)22(3)40(27)52-5)36(46)29-18-26-34(37(48)41(53-6)21(2)39(26)51-4)31(47(29)30(28)19-44)20-45-43(50)33-16-23-15-25(9-10-32(23)57-33)56-24-11-13-55-14-12-24/h9-10,15-16,24,28-31,36,48-49H,8,11-14,17-18,20H2,1-7H3,(H,45,50)/t28-,29-,30-,31-,36-/m0/s1. The van der Waals surface area contributed by atoms with Gasteiger partial charge in [-0.2, -0.15) is 5.26 Å². The molecule has 2 fully saturated rings. The van der Waals surface area contributed by atoms with Crippen molar-refractivity contribution in [3.05, 3.63) is 63.4 Å². The second kappa shape index (κ2) is 15.2. The first kappa shape index (κ1) is 38.5. The average Bonchev–Trinajstić information content (AvgIpc) is 3.64. The van der Waals surface area contributed by atoms with Gasteiger partial charge in [0.1, 0.15) is 35.0 Å². The number of hydrogen-bond donors (Lipinski definition) is 3. The summed E-state index contributed by atoms with van der Waals surface area (Å²) in [5.41, 5.74) is 4.62. The molecule has 4 aromatic rings. The zero-order valence-corrected chi connectivity index (χ0v) is 33.4. The quantitative estimate of drug-likeness (QED) is 0.181. The lowest BCUT2D eigenvalue weighted by molar-refractivity contribution is -0.0820. The number of amides is 1. The van der Waals surface area contributed by atoms with Crippen molar-refractivity contribution in [1.29, 1.82) is 5.26 Å². The number of likely N-dealkylation sites (N-methyl/N-ethyl adjacent to an activating group) is 1. The maximum absolute atomic E-state index is 14.0. The molecule has 1 amide bonds. The molecule has 0 radical (unpaired) electrons. The van der Waals surface area contributed by atoms with E-state index in [-0.39, 0.29) is 41.7 Å². The van der Waals surface area contributed by atoms with Crippen LogP contribution in [0.5, 0.6) is 40.2 Å². The minimum Gasteiger partial charge on any atom is -0.504 e. The van der Waals surface area contributed by atoms with Crippen LogP contribution in [0, 0.1) is 25.2 Å². The predicted molar refractivity (Wildman–Crippen MR) is 209 cm³/mol. The Morgan fingerprint density at radius 2 is 1.51 bits per heavy atom. The summed E-state index contributed by atoms with van der Waals surface area (Å²) in [7, 11) is 6.20. The number of ether oxygens (including phenoxy) is 6. The highest BCUT2D eigenvalue weighted by Crippen LogP contribution is 2.59. The molecule has 5 atom stereocenters. The molecule has 4 aliphatic heterocycles. The summed E-state index contributed by atoms with van der Waals surface area (Å²) in [5, 5.41) is 38.9. The maximum atomic E-state index is 14.0. The van der Waals surface area contributed by atoms with E-state index in [2.05, 4.69) is 28.1 Å². The minimum atomic E-state index is -0.721. The van der Waals surface area contributed by atoms with Crippen molar-refractivity contribution in [2.24, 2.45) is 0 Å². The third-order valence-electron chi connectivity index (χ3n) is 12.5. The number of aromatic hydroxyl groups is 2. The van der Waals surface area contributed by atoms with Gasteiger partial charge in [0.15, 0.2) is 28.8 Å². The third-order valence-corrected chi connectivity index (χ3v) is 12.5. The molecule has 14 heteroatoms. The second-order valence-corrected chi connectivity index (χ2v) is 15.2. The molecular weight excluding hydrogens is 732 g/mol. The van der Waals surface area contributed by atoms with Crippen molar-refractivity contribution in [2.45, 2.75) is 82.8 Å². The molecule has 2 bridgehead atoms. The number of benzene rings is 3. The van der Waals surface area contributed by atoms with Crippen LogP contribution in [-0.2, 0) is 17.6 Å².